The van der Waals surface area contributed by atoms with Crippen molar-refractivity contribution in [3.8, 4) is 29.1 Å². The minimum absolute atomic E-state index is 0.0690. The minimum Gasteiger partial charge on any atom is -0.494 e. The van der Waals surface area contributed by atoms with Crippen LogP contribution < -0.4 is 14.2 Å². The number of imidazole rings is 3. The van der Waals surface area contributed by atoms with Crippen LogP contribution >= 0.6 is 34.8 Å². The van der Waals surface area contributed by atoms with Crippen LogP contribution in [0.5, 0.6) is 17.2 Å². The standard InChI is InChI=1S/C28H27ClN4O3.C27H29ClN4O3.C26H27ClN4O3/c1-2-3-16-36-28(34)33-14-11-23-24-18-21(29)7-10-25(24)31-26(23)27(33)20-5-8-22(9-6-20)35-17-4-13-32-15-12-30-19-32;1-18(2)35-27(33)32-13-10-22-23-16-20(28)6-9-24(23)30-25(22)26(32)19-4-7-21(8-5-19)34-15-3-12-31-14-11-29-17-31;1-2-33-26(32)31-13-10-21-22-16-19(27)6-9-23(22)29-24(21)25(31)18-4-7-20(8-5-18)34-15-3-12-30-14-11-28-17-30/h5-10,12,15,18-19,27,31H,4,11,13-14,16-17H2,1H3;4-9,11,14,16-18,26,30H,3,10,12-13,15H2,1-2H3;4-9,11,14,16-17,25,29H,2-3,10,12-13,15H2,1H3. The van der Waals surface area contributed by atoms with E-state index in [0.717, 1.165) is 135 Å². The number of H-pyrrole nitrogens is 3. The van der Waals surface area contributed by atoms with E-state index in [1.165, 1.54) is 16.7 Å². The van der Waals surface area contributed by atoms with Crippen LogP contribution in [0.15, 0.2) is 184 Å². The van der Waals surface area contributed by atoms with E-state index in [1.54, 1.807) is 59.2 Å². The SMILES string of the molecule is CC#CCOC(=O)N1CCc2c([nH]c3ccc(Cl)cc23)C1c1ccc(OCCCn2ccnc2)cc1.CC(C)OC(=O)N1CCc2c([nH]c3ccc(Cl)cc23)C1c1ccc(OCCCn2ccnc2)cc1.CCOC(=O)N1CCc2c([nH]c3ccc(Cl)cc23)C1c1ccc(OCCCn2ccnc2)cc1. The number of hydrogen-bond acceptors (Lipinski definition) is 12. The van der Waals surface area contributed by atoms with Crippen LogP contribution in [0.4, 0.5) is 14.4 Å². The number of carbonyl (C=O) groups excluding carboxylic acids is 3. The van der Waals surface area contributed by atoms with Crippen molar-refractivity contribution in [1.82, 2.24) is 58.3 Å². The van der Waals surface area contributed by atoms with Crippen molar-refractivity contribution in [3.05, 3.63) is 249 Å². The molecule has 0 aliphatic carbocycles. The van der Waals surface area contributed by atoms with Crippen molar-refractivity contribution in [2.45, 2.75) is 110 Å². The summed E-state index contributed by atoms with van der Waals surface area (Å²) < 4.78 is 40.3. The average molecular weight is 1470 g/mol. The van der Waals surface area contributed by atoms with Crippen molar-refractivity contribution >= 4 is 85.8 Å². The number of nitrogens with one attached hydrogen (secondary N) is 3. The van der Waals surface area contributed by atoms with Crippen molar-refractivity contribution in [2.24, 2.45) is 0 Å². The van der Waals surface area contributed by atoms with E-state index in [4.69, 9.17) is 63.2 Å². The van der Waals surface area contributed by atoms with Gasteiger partial charge in [-0.2, -0.15) is 0 Å². The van der Waals surface area contributed by atoms with Crippen LogP contribution in [-0.2, 0) is 53.1 Å². The summed E-state index contributed by atoms with van der Waals surface area (Å²) in [5.74, 6) is 7.95. The number of halogens is 3. The van der Waals surface area contributed by atoms with Gasteiger partial charge in [-0.3, -0.25) is 14.7 Å². The van der Waals surface area contributed by atoms with E-state index in [0.29, 0.717) is 67.6 Å². The highest BCUT2D eigenvalue weighted by molar-refractivity contribution is 6.32. The van der Waals surface area contributed by atoms with Crippen LogP contribution in [0.25, 0.3) is 32.7 Å². The summed E-state index contributed by atoms with van der Waals surface area (Å²) in [5.41, 5.74) is 12.5. The lowest BCUT2D eigenvalue weighted by Gasteiger charge is -2.36. The number of nitrogens with zero attached hydrogens (tertiary/aromatic N) is 9. The first-order valence-corrected chi connectivity index (χ1v) is 36.6. The lowest BCUT2D eigenvalue weighted by atomic mass is 9.92. The molecule has 542 valence electrons. The molecule has 6 aromatic heterocycles. The molecule has 15 rings (SSSR count). The highest BCUT2D eigenvalue weighted by atomic mass is 35.5. The lowest BCUT2D eigenvalue weighted by molar-refractivity contribution is 0.0655. The number of fused-ring (bicyclic) bond motifs is 9. The number of amides is 3. The maximum atomic E-state index is 13.0. The maximum absolute atomic E-state index is 13.0. The first kappa shape index (κ1) is 72.6. The monoisotopic (exact) mass is 1470 g/mol. The van der Waals surface area contributed by atoms with Gasteiger partial charge in [0.2, 0.25) is 0 Å². The van der Waals surface area contributed by atoms with Crippen molar-refractivity contribution < 1.29 is 42.8 Å². The number of rotatable bonds is 21. The molecule has 3 aliphatic heterocycles. The van der Waals surface area contributed by atoms with Crippen molar-refractivity contribution in [2.75, 3.05) is 52.7 Å². The van der Waals surface area contributed by atoms with Gasteiger partial charge in [0.15, 0.2) is 6.61 Å². The normalized spacial score (nSPS) is 15.2. The Bertz CT molecular complexity index is 4950. The topological polar surface area (TPSA) is 217 Å². The fraction of sp³-hybridized carbons (Fsp3) is 0.309. The van der Waals surface area contributed by atoms with Gasteiger partial charge in [0.1, 0.15) is 35.4 Å². The van der Waals surface area contributed by atoms with Gasteiger partial charge >= 0.3 is 18.3 Å². The summed E-state index contributed by atoms with van der Waals surface area (Å²) in [6.07, 6.45) is 20.2. The number of aromatic nitrogens is 9. The third-order valence-corrected chi connectivity index (χ3v) is 19.5. The van der Waals surface area contributed by atoms with E-state index >= 15 is 0 Å². The minimum atomic E-state index is -0.384. The molecule has 0 fully saturated rings. The molecule has 105 heavy (non-hydrogen) atoms. The Kier molecular flexibility index (Phi) is 23.6. The quantitative estimate of drug-likeness (QED) is 0.0348. The summed E-state index contributed by atoms with van der Waals surface area (Å²) in [6, 6.07) is 40.5. The van der Waals surface area contributed by atoms with Crippen LogP contribution in [0.2, 0.25) is 15.1 Å². The molecule has 0 bridgehead atoms. The second kappa shape index (κ2) is 34.2. The van der Waals surface area contributed by atoms with Gasteiger partial charge in [-0.05, 0) is 191 Å². The average Bonchev–Trinajstić information content (AvgIpc) is 1.64. The molecule has 12 aromatic rings. The molecule has 3 atom stereocenters. The van der Waals surface area contributed by atoms with Gasteiger partial charge in [0, 0.05) is 141 Å². The Hall–Kier alpha value is -10.8. The van der Waals surface area contributed by atoms with Crippen molar-refractivity contribution in [3.63, 3.8) is 0 Å². The maximum Gasteiger partial charge on any atom is 0.411 e. The Morgan fingerprint density at radius 3 is 1.14 bits per heavy atom. The Balaban J connectivity index is 0.000000140. The molecule has 21 nitrogen and oxygen atoms in total. The van der Waals surface area contributed by atoms with Crippen LogP contribution in [0.3, 0.4) is 0 Å². The van der Waals surface area contributed by atoms with Crippen LogP contribution in [-0.4, -0.2) is 135 Å². The summed E-state index contributed by atoms with van der Waals surface area (Å²) in [6.45, 7) is 13.8. The molecule has 24 heteroatoms. The smallest absolute Gasteiger partial charge is 0.411 e. The molecule has 3 N–H and O–H groups in total. The second-order valence-electron chi connectivity index (χ2n) is 26.0. The Morgan fingerprint density at radius 1 is 0.486 bits per heavy atom. The molecular formula is C81H83Cl3N12O9. The van der Waals surface area contributed by atoms with Gasteiger partial charge < -0.3 is 57.1 Å². The molecule has 0 spiro atoms. The number of aryl methyl sites for hydroxylation is 3. The molecule has 3 amide bonds. The van der Waals surface area contributed by atoms with Crippen molar-refractivity contribution in [1.29, 1.82) is 0 Å². The molecular weight excluding hydrogens is 1390 g/mol. The number of carbonyl (C=O) groups is 3. The van der Waals surface area contributed by atoms with E-state index < -0.39 is 0 Å². The number of hydrogen-bond donors (Lipinski definition) is 3. The third-order valence-electron chi connectivity index (χ3n) is 18.8. The highest BCUT2D eigenvalue weighted by Crippen LogP contribution is 2.44. The number of benzene rings is 6. The lowest BCUT2D eigenvalue weighted by Crippen LogP contribution is -2.41. The fourth-order valence-corrected chi connectivity index (χ4v) is 14.5. The van der Waals surface area contributed by atoms with E-state index in [9.17, 15) is 14.4 Å². The summed E-state index contributed by atoms with van der Waals surface area (Å²) in [4.78, 5) is 67.1. The molecule has 0 saturated heterocycles. The summed E-state index contributed by atoms with van der Waals surface area (Å²) in [7, 11) is 0. The molecule has 3 unspecified atom stereocenters. The van der Waals surface area contributed by atoms with Gasteiger partial charge in [0.25, 0.3) is 0 Å². The molecule has 0 radical (unpaired) electrons. The van der Waals surface area contributed by atoms with Gasteiger partial charge in [0.05, 0.1) is 51.5 Å². The predicted octanol–water partition coefficient (Wildman–Crippen LogP) is 17.2. The molecule has 3 aliphatic rings. The molecule has 0 saturated carbocycles. The van der Waals surface area contributed by atoms with E-state index in [2.05, 4.69) is 41.7 Å². The number of aromatic amines is 3. The summed E-state index contributed by atoms with van der Waals surface area (Å²) in [5, 5.41) is 5.39. The zero-order valence-electron chi connectivity index (χ0n) is 59.0. The predicted molar refractivity (Wildman–Crippen MR) is 406 cm³/mol. The first-order chi connectivity index (χ1) is 51.3. The van der Waals surface area contributed by atoms with Crippen LogP contribution in [0.1, 0.15) is 116 Å². The van der Waals surface area contributed by atoms with E-state index in [1.807, 2.05) is 180 Å². The largest absolute Gasteiger partial charge is 0.494 e. The van der Waals surface area contributed by atoms with E-state index in [-0.39, 0.29) is 49.1 Å². The second-order valence-corrected chi connectivity index (χ2v) is 27.3. The fourth-order valence-electron chi connectivity index (χ4n) is 13.9. The third kappa shape index (κ3) is 17.4. The Morgan fingerprint density at radius 2 is 0.829 bits per heavy atom. The zero-order chi connectivity index (χ0) is 72.8. The highest BCUT2D eigenvalue weighted by Gasteiger charge is 2.39. The number of ether oxygens (including phenoxy) is 6. The van der Waals surface area contributed by atoms with Crippen LogP contribution in [0, 0.1) is 11.8 Å². The van der Waals surface area contributed by atoms with Gasteiger partial charge in [-0.1, -0.05) is 77.1 Å². The molecule has 6 aromatic carbocycles. The van der Waals surface area contributed by atoms with Gasteiger partial charge in [-0.25, -0.2) is 29.3 Å². The zero-order valence-corrected chi connectivity index (χ0v) is 61.3. The summed E-state index contributed by atoms with van der Waals surface area (Å²) >= 11 is 18.9. The van der Waals surface area contributed by atoms with Gasteiger partial charge in [-0.15, -0.1) is 5.92 Å². The molecule has 9 heterocycles. The Labute approximate surface area is 624 Å². The first-order valence-electron chi connectivity index (χ1n) is 35.5.